The van der Waals surface area contributed by atoms with Gasteiger partial charge < -0.3 is 4.74 Å². The van der Waals surface area contributed by atoms with E-state index >= 15 is 0 Å². The van der Waals surface area contributed by atoms with E-state index in [1.165, 1.54) is 6.92 Å². The molecular formula is C17H27FO2. The van der Waals surface area contributed by atoms with Gasteiger partial charge in [0.2, 0.25) is 0 Å². The molecule has 0 aliphatic heterocycles. The molecule has 0 spiro atoms. The van der Waals surface area contributed by atoms with Gasteiger partial charge in [-0.3, -0.25) is 4.79 Å². The highest BCUT2D eigenvalue weighted by Crippen LogP contribution is 2.15. The number of carbonyl (C=O) groups is 1. The summed E-state index contributed by atoms with van der Waals surface area (Å²) in [7, 11) is 0. The molecule has 2 nitrogen and oxygen atoms in total. The molecule has 3 heteroatoms. The fourth-order valence-electron chi connectivity index (χ4n) is 1.90. The standard InChI is InChI=1S/C11H15F.C6H12O2/c1-3-6-10-9(4-2)7-5-8-11(10)12;1-5(7)8-6(2,3)4/h5,7-8H,3-4,6H2,1-2H3;1-4H3. The van der Waals surface area contributed by atoms with Gasteiger partial charge >= 0.3 is 5.97 Å². The lowest BCUT2D eigenvalue weighted by Crippen LogP contribution is -2.21. The van der Waals surface area contributed by atoms with Gasteiger partial charge in [0.1, 0.15) is 11.4 Å². The highest BCUT2D eigenvalue weighted by molar-refractivity contribution is 5.66. The lowest BCUT2D eigenvalue weighted by Gasteiger charge is -2.17. The van der Waals surface area contributed by atoms with Crippen molar-refractivity contribution in [1.29, 1.82) is 0 Å². The van der Waals surface area contributed by atoms with Crippen LogP contribution in [0.3, 0.4) is 0 Å². The fraction of sp³-hybridized carbons (Fsp3) is 0.588. The molecule has 0 fully saturated rings. The Labute approximate surface area is 122 Å². The summed E-state index contributed by atoms with van der Waals surface area (Å²) in [6, 6.07) is 5.34. The quantitative estimate of drug-likeness (QED) is 0.752. The molecule has 1 rings (SSSR count). The number of carbonyl (C=O) groups excluding carboxylic acids is 1. The normalized spacial score (nSPS) is 10.6. The molecule has 0 saturated carbocycles. The van der Waals surface area contributed by atoms with Crippen LogP contribution in [0.15, 0.2) is 18.2 Å². The monoisotopic (exact) mass is 282 g/mol. The van der Waals surface area contributed by atoms with Crippen LogP contribution in [-0.2, 0) is 22.4 Å². The van der Waals surface area contributed by atoms with Crippen LogP contribution in [0, 0.1) is 5.82 Å². The molecule has 20 heavy (non-hydrogen) atoms. The molecule has 0 aliphatic carbocycles. The van der Waals surface area contributed by atoms with Gasteiger partial charge in [0.05, 0.1) is 0 Å². The number of rotatable bonds is 3. The lowest BCUT2D eigenvalue weighted by molar-refractivity contribution is -0.151. The molecule has 0 amide bonds. The zero-order valence-electron chi connectivity index (χ0n) is 13.5. The van der Waals surface area contributed by atoms with E-state index < -0.39 is 0 Å². The summed E-state index contributed by atoms with van der Waals surface area (Å²) in [6.07, 6.45) is 2.79. The molecule has 0 unspecified atom stereocenters. The molecule has 0 saturated heterocycles. The van der Waals surface area contributed by atoms with Crippen LogP contribution in [0.2, 0.25) is 0 Å². The number of halogens is 1. The van der Waals surface area contributed by atoms with Gasteiger partial charge in [-0.25, -0.2) is 4.39 Å². The Kier molecular flexibility index (Phi) is 8.12. The van der Waals surface area contributed by atoms with Crippen molar-refractivity contribution in [1.82, 2.24) is 0 Å². The van der Waals surface area contributed by atoms with Crippen LogP contribution >= 0.6 is 0 Å². The third-order valence-electron chi connectivity index (χ3n) is 2.55. The van der Waals surface area contributed by atoms with Crippen molar-refractivity contribution in [3.63, 3.8) is 0 Å². The Morgan fingerprint density at radius 3 is 2.20 bits per heavy atom. The maximum Gasteiger partial charge on any atom is 0.303 e. The molecule has 0 aliphatic rings. The molecule has 0 N–H and O–H groups in total. The second-order valence-corrected chi connectivity index (χ2v) is 5.69. The Balaban J connectivity index is 0.000000396. The van der Waals surface area contributed by atoms with Gasteiger partial charge in [0.25, 0.3) is 0 Å². The summed E-state index contributed by atoms with van der Waals surface area (Å²) in [5, 5.41) is 0. The minimum atomic E-state index is -0.328. The van der Waals surface area contributed by atoms with Crippen LogP contribution in [0.25, 0.3) is 0 Å². The first kappa shape index (κ1) is 18.6. The third kappa shape index (κ3) is 7.93. The predicted molar refractivity (Wildman–Crippen MR) is 81.3 cm³/mol. The zero-order chi connectivity index (χ0) is 15.8. The van der Waals surface area contributed by atoms with Crippen LogP contribution in [-0.4, -0.2) is 11.6 Å². The first-order chi connectivity index (χ1) is 9.21. The van der Waals surface area contributed by atoms with E-state index in [1.54, 1.807) is 12.1 Å². The molecule has 0 heterocycles. The number of hydrogen-bond acceptors (Lipinski definition) is 2. The molecule has 1 aromatic rings. The van der Waals surface area contributed by atoms with E-state index in [4.69, 9.17) is 4.74 Å². The average molecular weight is 282 g/mol. The van der Waals surface area contributed by atoms with Gasteiger partial charge in [0.15, 0.2) is 0 Å². The van der Waals surface area contributed by atoms with E-state index in [2.05, 4.69) is 13.8 Å². The van der Waals surface area contributed by atoms with Crippen molar-refractivity contribution in [3.8, 4) is 0 Å². The highest BCUT2D eigenvalue weighted by atomic mass is 19.1. The van der Waals surface area contributed by atoms with Gasteiger partial charge in [-0.2, -0.15) is 0 Å². The maximum absolute atomic E-state index is 13.2. The SMILES string of the molecule is CC(=O)OC(C)(C)C.CCCc1c(F)cccc1CC. The van der Waals surface area contributed by atoms with Crippen molar-refractivity contribution in [3.05, 3.63) is 35.1 Å². The van der Waals surface area contributed by atoms with Crippen molar-refractivity contribution in [2.75, 3.05) is 0 Å². The Morgan fingerprint density at radius 1 is 1.25 bits per heavy atom. The number of hydrogen-bond donors (Lipinski definition) is 0. The average Bonchev–Trinajstić information content (AvgIpc) is 2.29. The number of ether oxygens (including phenoxy) is 1. The zero-order valence-corrected chi connectivity index (χ0v) is 13.5. The Hall–Kier alpha value is -1.38. The molecule has 0 aromatic heterocycles. The smallest absolute Gasteiger partial charge is 0.303 e. The summed E-state index contributed by atoms with van der Waals surface area (Å²) < 4.78 is 18.0. The largest absolute Gasteiger partial charge is 0.460 e. The lowest BCUT2D eigenvalue weighted by atomic mass is 10.0. The summed E-state index contributed by atoms with van der Waals surface area (Å²) >= 11 is 0. The number of benzene rings is 1. The van der Waals surface area contributed by atoms with Crippen molar-refractivity contribution in [2.24, 2.45) is 0 Å². The van der Waals surface area contributed by atoms with Crippen molar-refractivity contribution < 1.29 is 13.9 Å². The first-order valence-corrected chi connectivity index (χ1v) is 7.17. The summed E-state index contributed by atoms with van der Waals surface area (Å²) in [6.45, 7) is 11.1. The second-order valence-electron chi connectivity index (χ2n) is 5.69. The Morgan fingerprint density at radius 2 is 1.85 bits per heavy atom. The minimum Gasteiger partial charge on any atom is -0.460 e. The van der Waals surface area contributed by atoms with Crippen LogP contribution in [0.5, 0.6) is 0 Å². The van der Waals surface area contributed by atoms with Crippen LogP contribution in [0.4, 0.5) is 4.39 Å². The molecule has 114 valence electrons. The summed E-state index contributed by atoms with van der Waals surface area (Å²) in [4.78, 5) is 10.2. The molecular weight excluding hydrogens is 255 g/mol. The molecule has 0 atom stereocenters. The van der Waals surface area contributed by atoms with Crippen LogP contribution < -0.4 is 0 Å². The highest BCUT2D eigenvalue weighted by Gasteiger charge is 2.11. The van der Waals surface area contributed by atoms with E-state index in [9.17, 15) is 9.18 Å². The van der Waals surface area contributed by atoms with Crippen molar-refractivity contribution >= 4 is 5.97 Å². The van der Waals surface area contributed by atoms with Crippen molar-refractivity contribution in [2.45, 2.75) is 66.4 Å². The van der Waals surface area contributed by atoms with Crippen LogP contribution in [0.1, 0.15) is 59.1 Å². The number of esters is 1. The first-order valence-electron chi connectivity index (χ1n) is 7.17. The molecule has 1 aromatic carbocycles. The van der Waals surface area contributed by atoms with Gasteiger partial charge in [-0.1, -0.05) is 32.4 Å². The summed E-state index contributed by atoms with van der Waals surface area (Å²) in [5.41, 5.74) is 1.73. The van der Waals surface area contributed by atoms with E-state index in [1.807, 2.05) is 26.8 Å². The Bertz CT molecular complexity index is 419. The second kappa shape index (κ2) is 8.72. The number of aryl methyl sites for hydroxylation is 1. The molecule has 0 bridgehead atoms. The van der Waals surface area contributed by atoms with E-state index in [0.717, 1.165) is 30.4 Å². The predicted octanol–water partition coefficient (Wildman–Crippen LogP) is 4.69. The summed E-state index contributed by atoms with van der Waals surface area (Å²) in [5.74, 6) is -0.270. The molecule has 0 radical (unpaired) electrons. The minimum absolute atomic E-state index is 0.0452. The van der Waals surface area contributed by atoms with E-state index in [0.29, 0.717) is 0 Å². The van der Waals surface area contributed by atoms with E-state index in [-0.39, 0.29) is 17.4 Å². The van der Waals surface area contributed by atoms with Gasteiger partial charge in [-0.05, 0) is 50.8 Å². The maximum atomic E-state index is 13.2. The fourth-order valence-corrected chi connectivity index (χ4v) is 1.90. The van der Waals surface area contributed by atoms with Gasteiger partial charge in [-0.15, -0.1) is 0 Å². The topological polar surface area (TPSA) is 26.3 Å². The third-order valence-corrected chi connectivity index (χ3v) is 2.55. The van der Waals surface area contributed by atoms with Gasteiger partial charge in [0, 0.05) is 6.92 Å².